The molecule has 1 saturated heterocycles. The van der Waals surface area contributed by atoms with Crippen LogP contribution in [-0.2, 0) is 27.3 Å². The third-order valence-electron chi connectivity index (χ3n) is 8.32. The quantitative estimate of drug-likeness (QED) is 0.376. The molecular formula is C32H43N3O4S. The molecule has 216 valence electrons. The summed E-state index contributed by atoms with van der Waals surface area (Å²) in [6.07, 6.45) is 4.82. The molecule has 40 heavy (non-hydrogen) atoms. The second-order valence-electron chi connectivity index (χ2n) is 11.7. The van der Waals surface area contributed by atoms with Gasteiger partial charge in [0.2, 0.25) is 11.8 Å². The Labute approximate surface area is 242 Å². The summed E-state index contributed by atoms with van der Waals surface area (Å²) in [5.41, 5.74) is 3.01. The number of hydrogen-bond acceptors (Lipinski definition) is 5. The Morgan fingerprint density at radius 2 is 1.73 bits per heavy atom. The average Bonchev–Trinajstić information content (AvgIpc) is 3.58. The van der Waals surface area contributed by atoms with Gasteiger partial charge in [-0.2, -0.15) is 0 Å². The second-order valence-corrected chi connectivity index (χ2v) is 13.3. The number of benzene rings is 2. The molecule has 3 atom stereocenters. The Hall–Kier alpha value is -2.84. The minimum atomic E-state index is -1.48. The van der Waals surface area contributed by atoms with Crippen molar-refractivity contribution in [3.63, 3.8) is 0 Å². The lowest BCUT2D eigenvalue weighted by Gasteiger charge is -2.33. The molecule has 2 fully saturated rings. The van der Waals surface area contributed by atoms with Crippen LogP contribution in [-0.4, -0.2) is 56.5 Å². The van der Waals surface area contributed by atoms with Gasteiger partial charge in [0.25, 0.3) is 5.91 Å². The number of aliphatic hydroxyl groups excluding tert-OH is 1. The van der Waals surface area contributed by atoms with Gasteiger partial charge in [-0.25, -0.2) is 0 Å². The van der Waals surface area contributed by atoms with Crippen LogP contribution in [0.5, 0.6) is 0 Å². The van der Waals surface area contributed by atoms with Gasteiger partial charge in [-0.05, 0) is 56.2 Å². The summed E-state index contributed by atoms with van der Waals surface area (Å²) in [6.45, 7) is 6.25. The molecule has 3 amide bonds. The van der Waals surface area contributed by atoms with Crippen molar-refractivity contribution in [3.05, 3.63) is 71.3 Å². The van der Waals surface area contributed by atoms with E-state index in [1.807, 2.05) is 75.4 Å². The maximum atomic E-state index is 13.8. The molecule has 3 N–H and O–H groups in total. The molecule has 4 rings (SSSR count). The molecule has 8 heteroatoms. The van der Waals surface area contributed by atoms with Gasteiger partial charge in [0, 0.05) is 17.7 Å². The Bertz CT molecular complexity index is 1170. The molecule has 1 aliphatic carbocycles. The van der Waals surface area contributed by atoms with Gasteiger partial charge in [-0.15, -0.1) is 11.8 Å². The van der Waals surface area contributed by atoms with Crippen LogP contribution in [0.15, 0.2) is 54.6 Å². The van der Waals surface area contributed by atoms with E-state index >= 15 is 0 Å². The van der Waals surface area contributed by atoms with E-state index in [9.17, 15) is 19.5 Å². The van der Waals surface area contributed by atoms with Crippen LogP contribution in [0, 0.1) is 12.8 Å². The van der Waals surface area contributed by atoms with Gasteiger partial charge >= 0.3 is 0 Å². The molecule has 2 aliphatic rings. The number of carbonyl (C=O) groups is 3. The highest BCUT2D eigenvalue weighted by Crippen LogP contribution is 2.40. The van der Waals surface area contributed by atoms with E-state index in [0.29, 0.717) is 31.2 Å². The highest BCUT2D eigenvalue weighted by atomic mass is 32.2. The number of nitrogens with zero attached hydrogens (tertiary/aromatic N) is 1. The summed E-state index contributed by atoms with van der Waals surface area (Å²) in [7, 11) is 0. The maximum Gasteiger partial charge on any atom is 0.254 e. The van der Waals surface area contributed by atoms with Gasteiger partial charge in [0.05, 0.1) is 11.9 Å². The van der Waals surface area contributed by atoms with Crippen LogP contribution in [0.25, 0.3) is 0 Å². The number of hydrogen-bond donors (Lipinski definition) is 3. The van der Waals surface area contributed by atoms with Gasteiger partial charge < -0.3 is 20.6 Å². The van der Waals surface area contributed by atoms with Crippen LogP contribution < -0.4 is 10.6 Å². The van der Waals surface area contributed by atoms with Gasteiger partial charge in [-0.3, -0.25) is 14.4 Å². The van der Waals surface area contributed by atoms with Crippen LogP contribution in [0.4, 0.5) is 0 Å². The number of nitrogens with one attached hydrogen (secondary N) is 2. The van der Waals surface area contributed by atoms with Crippen LogP contribution >= 0.6 is 11.8 Å². The van der Waals surface area contributed by atoms with E-state index in [1.54, 1.807) is 0 Å². The molecule has 0 spiro atoms. The Balaban J connectivity index is 1.46. The minimum absolute atomic E-state index is 0.150. The topological polar surface area (TPSA) is 98.7 Å². The number of carbonyl (C=O) groups excluding carboxylic acids is 3. The summed E-state index contributed by atoms with van der Waals surface area (Å²) in [6, 6.07) is 15.9. The van der Waals surface area contributed by atoms with Crippen molar-refractivity contribution in [1.29, 1.82) is 0 Å². The lowest BCUT2D eigenvalue weighted by Crippen LogP contribution is -2.58. The van der Waals surface area contributed by atoms with Crippen molar-refractivity contribution < 1.29 is 19.5 Å². The first-order chi connectivity index (χ1) is 19.2. The second kappa shape index (κ2) is 13.7. The lowest BCUT2D eigenvalue weighted by atomic mass is 9.96. The molecular weight excluding hydrogens is 522 g/mol. The molecule has 2 aromatic rings. The molecule has 7 nitrogen and oxygen atoms in total. The fraction of sp³-hybridized carbons (Fsp3) is 0.531. The van der Waals surface area contributed by atoms with Gasteiger partial charge in [-0.1, -0.05) is 80.3 Å². The van der Waals surface area contributed by atoms with Gasteiger partial charge in [0.1, 0.15) is 6.04 Å². The Morgan fingerprint density at radius 1 is 1.05 bits per heavy atom. The molecule has 0 radical (unpaired) electrons. The van der Waals surface area contributed by atoms with E-state index in [-0.39, 0.29) is 11.8 Å². The van der Waals surface area contributed by atoms with Crippen LogP contribution in [0.2, 0.25) is 0 Å². The van der Waals surface area contributed by atoms with Crippen molar-refractivity contribution >= 4 is 29.5 Å². The first-order valence-electron chi connectivity index (χ1n) is 14.4. The summed E-state index contributed by atoms with van der Waals surface area (Å²) >= 11 is 1.51. The number of aryl methyl sites for hydroxylation is 1. The third-order valence-corrected chi connectivity index (χ3v) is 9.70. The number of thioether (sulfide) groups is 1. The zero-order valence-electron chi connectivity index (χ0n) is 23.9. The summed E-state index contributed by atoms with van der Waals surface area (Å²) in [4.78, 5) is 41.7. The largest absolute Gasteiger partial charge is 0.381 e. The fourth-order valence-corrected chi connectivity index (χ4v) is 7.01. The summed E-state index contributed by atoms with van der Waals surface area (Å²) < 4.78 is -0.537. The van der Waals surface area contributed by atoms with Crippen LogP contribution in [0.1, 0.15) is 69.1 Å². The van der Waals surface area contributed by atoms with Crippen molar-refractivity contribution in [2.24, 2.45) is 5.92 Å². The molecule has 2 aromatic carbocycles. The SMILES string of the molecule is Cc1ccccc1CNC(=O)C1N(C(=O)C(O)C(Cc2ccccc2)NC(=O)CCC2CCCC2)CSC1(C)C. The predicted octanol–water partition coefficient (Wildman–Crippen LogP) is 4.35. The maximum absolute atomic E-state index is 13.8. The van der Waals surface area contributed by atoms with Crippen molar-refractivity contribution in [2.75, 3.05) is 5.88 Å². The normalized spacial score (nSPS) is 20.2. The third kappa shape index (κ3) is 7.67. The van der Waals surface area contributed by atoms with E-state index in [2.05, 4.69) is 10.6 Å². The molecule has 3 unspecified atom stereocenters. The fourth-order valence-electron chi connectivity index (χ4n) is 5.87. The first-order valence-corrected chi connectivity index (χ1v) is 15.4. The standard InChI is InChI=1S/C32H43N3O4S/c1-22-11-7-10-16-25(22)20-33-30(38)29-32(2,3)40-21-35(29)31(39)28(37)26(19-24-14-5-4-6-15-24)34-27(36)18-17-23-12-8-9-13-23/h4-7,10-11,14-16,23,26,28-29,37H,8-9,12-13,17-21H2,1-3H3,(H,33,38)(H,34,36). The Morgan fingerprint density at radius 3 is 2.42 bits per heavy atom. The number of rotatable bonds is 11. The lowest BCUT2D eigenvalue weighted by molar-refractivity contribution is -0.147. The smallest absolute Gasteiger partial charge is 0.254 e. The molecule has 1 aliphatic heterocycles. The predicted molar refractivity (Wildman–Crippen MR) is 159 cm³/mol. The number of amides is 3. The average molecular weight is 566 g/mol. The van der Waals surface area contributed by atoms with Crippen molar-refractivity contribution in [2.45, 2.75) is 95.2 Å². The van der Waals surface area contributed by atoms with Crippen molar-refractivity contribution in [1.82, 2.24) is 15.5 Å². The molecule has 1 heterocycles. The zero-order chi connectivity index (χ0) is 28.7. The molecule has 1 saturated carbocycles. The first kappa shape index (κ1) is 30.1. The molecule has 0 aromatic heterocycles. The van der Waals surface area contributed by atoms with Crippen LogP contribution in [0.3, 0.4) is 0 Å². The van der Waals surface area contributed by atoms with E-state index in [1.165, 1.54) is 29.5 Å². The summed E-state index contributed by atoms with van der Waals surface area (Å²) in [5.74, 6) is -0.0693. The van der Waals surface area contributed by atoms with E-state index in [0.717, 1.165) is 36.0 Å². The van der Waals surface area contributed by atoms with Crippen molar-refractivity contribution in [3.8, 4) is 0 Å². The Kier molecular flexibility index (Phi) is 10.3. The van der Waals surface area contributed by atoms with E-state index < -0.39 is 28.8 Å². The minimum Gasteiger partial charge on any atom is -0.381 e. The molecule has 0 bridgehead atoms. The number of aliphatic hydroxyl groups is 1. The zero-order valence-corrected chi connectivity index (χ0v) is 24.7. The summed E-state index contributed by atoms with van der Waals surface area (Å²) in [5, 5.41) is 17.4. The highest BCUT2D eigenvalue weighted by Gasteiger charge is 2.49. The highest BCUT2D eigenvalue weighted by molar-refractivity contribution is 8.00. The monoisotopic (exact) mass is 565 g/mol. The van der Waals surface area contributed by atoms with E-state index in [4.69, 9.17) is 0 Å². The van der Waals surface area contributed by atoms with Gasteiger partial charge in [0.15, 0.2) is 6.10 Å².